The first kappa shape index (κ1) is 24.3. The van der Waals surface area contributed by atoms with Crippen LogP contribution in [0.3, 0.4) is 0 Å². The van der Waals surface area contributed by atoms with E-state index in [0.29, 0.717) is 24.5 Å². The van der Waals surface area contributed by atoms with Crippen LogP contribution < -0.4 is 9.64 Å². The zero-order valence-electron chi connectivity index (χ0n) is 19.9. The molecule has 7 nitrogen and oxygen atoms in total. The summed E-state index contributed by atoms with van der Waals surface area (Å²) in [6.45, 7) is 6.77. The number of ketones is 1. The molecule has 2 aromatic rings. The van der Waals surface area contributed by atoms with E-state index in [1.54, 1.807) is 24.3 Å². The largest absolute Gasteiger partial charge is 0.507 e. The van der Waals surface area contributed by atoms with Gasteiger partial charge in [-0.25, -0.2) is 0 Å². The van der Waals surface area contributed by atoms with Crippen molar-refractivity contribution >= 4 is 23.1 Å². The van der Waals surface area contributed by atoms with Gasteiger partial charge in [0.1, 0.15) is 11.5 Å². The zero-order chi connectivity index (χ0) is 24.1. The standard InChI is InChI=1S/C26H32N2O5/c1-6-32-21-13-9-19(10-14-21)24(29)22-23(18-7-11-20(12-8-18)27(4)5)28(26(31)25(22)30)15-16-33-17(2)3/h7-14,17,23,29H,6,15-16H2,1-5H3/b24-22-. The zero-order valence-corrected chi connectivity index (χ0v) is 19.9. The number of Topliss-reactive ketones (excluding diaryl/α,β-unsaturated/α-hetero) is 1. The van der Waals surface area contributed by atoms with Gasteiger partial charge in [0.2, 0.25) is 0 Å². The van der Waals surface area contributed by atoms with Crippen molar-refractivity contribution in [2.75, 3.05) is 38.8 Å². The number of aliphatic hydroxyl groups is 1. The molecule has 1 aliphatic rings. The molecule has 1 unspecified atom stereocenters. The first-order valence-electron chi connectivity index (χ1n) is 11.1. The van der Waals surface area contributed by atoms with E-state index in [1.807, 2.05) is 64.0 Å². The molecular formula is C26H32N2O5. The highest BCUT2D eigenvalue weighted by Crippen LogP contribution is 2.39. The van der Waals surface area contributed by atoms with Gasteiger partial charge in [0, 0.05) is 31.9 Å². The van der Waals surface area contributed by atoms with Gasteiger partial charge in [0.15, 0.2) is 0 Å². The first-order valence-corrected chi connectivity index (χ1v) is 11.1. The first-order chi connectivity index (χ1) is 15.7. The molecule has 0 aromatic heterocycles. The Morgan fingerprint density at radius 2 is 1.70 bits per heavy atom. The SMILES string of the molecule is CCOc1ccc(/C(O)=C2/C(=O)C(=O)N(CCOC(C)C)C2c2ccc(N(C)C)cc2)cc1. The molecule has 1 fully saturated rings. The van der Waals surface area contributed by atoms with Gasteiger partial charge < -0.3 is 24.4 Å². The molecule has 0 spiro atoms. The average Bonchev–Trinajstić information content (AvgIpc) is 3.04. The van der Waals surface area contributed by atoms with Crippen LogP contribution in [0.2, 0.25) is 0 Å². The van der Waals surface area contributed by atoms with Crippen molar-refractivity contribution in [2.24, 2.45) is 0 Å². The molecule has 1 heterocycles. The summed E-state index contributed by atoms with van der Waals surface area (Å²) in [5.74, 6) is -0.884. The van der Waals surface area contributed by atoms with E-state index in [1.165, 1.54) is 4.90 Å². The summed E-state index contributed by atoms with van der Waals surface area (Å²) in [6.07, 6.45) is 0.00324. The van der Waals surface area contributed by atoms with E-state index in [0.717, 1.165) is 11.3 Å². The topological polar surface area (TPSA) is 79.3 Å². The lowest BCUT2D eigenvalue weighted by Crippen LogP contribution is -2.33. The molecule has 33 heavy (non-hydrogen) atoms. The highest BCUT2D eigenvalue weighted by atomic mass is 16.5. The number of ether oxygens (including phenoxy) is 2. The van der Waals surface area contributed by atoms with Crippen LogP contribution >= 0.6 is 0 Å². The summed E-state index contributed by atoms with van der Waals surface area (Å²) in [5, 5.41) is 11.1. The predicted molar refractivity (Wildman–Crippen MR) is 128 cm³/mol. The number of aliphatic hydroxyl groups excluding tert-OH is 1. The van der Waals surface area contributed by atoms with Crippen LogP contribution in [-0.2, 0) is 14.3 Å². The lowest BCUT2D eigenvalue weighted by molar-refractivity contribution is -0.140. The van der Waals surface area contributed by atoms with Gasteiger partial charge >= 0.3 is 0 Å². The quantitative estimate of drug-likeness (QED) is 0.352. The number of rotatable bonds is 9. The van der Waals surface area contributed by atoms with E-state index in [-0.39, 0.29) is 24.0 Å². The number of carbonyl (C=O) groups is 2. The predicted octanol–water partition coefficient (Wildman–Crippen LogP) is 4.00. The summed E-state index contributed by atoms with van der Waals surface area (Å²) < 4.78 is 11.1. The fourth-order valence-electron chi connectivity index (χ4n) is 3.83. The fraction of sp³-hybridized carbons (Fsp3) is 0.385. The third-order valence-corrected chi connectivity index (χ3v) is 5.49. The molecule has 1 amide bonds. The van der Waals surface area contributed by atoms with Crippen molar-refractivity contribution in [3.63, 3.8) is 0 Å². The van der Waals surface area contributed by atoms with Crippen LogP contribution in [0.15, 0.2) is 54.1 Å². The summed E-state index contributed by atoms with van der Waals surface area (Å²) in [6, 6.07) is 13.7. The summed E-state index contributed by atoms with van der Waals surface area (Å²) in [7, 11) is 3.88. The van der Waals surface area contributed by atoms with Gasteiger partial charge in [-0.05, 0) is 62.7 Å². The molecule has 1 saturated heterocycles. The van der Waals surface area contributed by atoms with E-state index in [4.69, 9.17) is 9.47 Å². The molecule has 176 valence electrons. The number of benzene rings is 2. The van der Waals surface area contributed by atoms with Crippen molar-refractivity contribution in [2.45, 2.75) is 32.9 Å². The Morgan fingerprint density at radius 1 is 1.06 bits per heavy atom. The van der Waals surface area contributed by atoms with Crippen LogP contribution in [0.4, 0.5) is 5.69 Å². The van der Waals surface area contributed by atoms with Crippen molar-refractivity contribution in [3.8, 4) is 5.75 Å². The molecule has 0 aliphatic carbocycles. The number of likely N-dealkylation sites (tertiary alicyclic amines) is 1. The third-order valence-electron chi connectivity index (χ3n) is 5.49. The highest BCUT2D eigenvalue weighted by molar-refractivity contribution is 6.46. The second-order valence-electron chi connectivity index (χ2n) is 8.36. The minimum absolute atomic E-state index is 0.00324. The highest BCUT2D eigenvalue weighted by Gasteiger charge is 2.45. The minimum Gasteiger partial charge on any atom is -0.507 e. The van der Waals surface area contributed by atoms with Crippen LogP contribution in [-0.4, -0.2) is 61.7 Å². The Morgan fingerprint density at radius 3 is 2.24 bits per heavy atom. The maximum Gasteiger partial charge on any atom is 0.295 e. The third kappa shape index (κ3) is 5.37. The average molecular weight is 453 g/mol. The Kier molecular flexibility index (Phi) is 7.76. The number of hydrogen-bond donors (Lipinski definition) is 1. The fourth-order valence-corrected chi connectivity index (χ4v) is 3.83. The molecule has 0 bridgehead atoms. The van der Waals surface area contributed by atoms with Gasteiger partial charge in [-0.15, -0.1) is 0 Å². The Bertz CT molecular complexity index is 1010. The van der Waals surface area contributed by atoms with E-state index in [9.17, 15) is 14.7 Å². The molecule has 1 aliphatic heterocycles. The van der Waals surface area contributed by atoms with Gasteiger partial charge in [-0.3, -0.25) is 9.59 Å². The number of hydrogen-bond acceptors (Lipinski definition) is 6. The van der Waals surface area contributed by atoms with E-state index in [2.05, 4.69) is 0 Å². The van der Waals surface area contributed by atoms with Crippen LogP contribution in [0, 0.1) is 0 Å². The van der Waals surface area contributed by atoms with Gasteiger partial charge in [0.05, 0.1) is 30.9 Å². The molecular weight excluding hydrogens is 420 g/mol. The van der Waals surface area contributed by atoms with Crippen LogP contribution in [0.25, 0.3) is 5.76 Å². The number of carbonyl (C=O) groups excluding carboxylic acids is 2. The normalized spacial score (nSPS) is 17.6. The lowest BCUT2D eigenvalue weighted by Gasteiger charge is -2.26. The second-order valence-corrected chi connectivity index (χ2v) is 8.36. The Balaban J connectivity index is 2.05. The molecule has 7 heteroatoms. The lowest BCUT2D eigenvalue weighted by atomic mass is 9.95. The molecule has 0 radical (unpaired) electrons. The molecule has 1 atom stereocenters. The van der Waals surface area contributed by atoms with E-state index < -0.39 is 17.7 Å². The monoisotopic (exact) mass is 452 g/mol. The summed E-state index contributed by atoms with van der Waals surface area (Å²) in [4.78, 5) is 29.5. The molecule has 2 aromatic carbocycles. The number of anilines is 1. The smallest absolute Gasteiger partial charge is 0.295 e. The molecule has 1 N–H and O–H groups in total. The van der Waals surface area contributed by atoms with Gasteiger partial charge in [-0.2, -0.15) is 0 Å². The van der Waals surface area contributed by atoms with Gasteiger partial charge in [0.25, 0.3) is 11.7 Å². The van der Waals surface area contributed by atoms with Crippen molar-refractivity contribution < 1.29 is 24.2 Å². The van der Waals surface area contributed by atoms with Crippen molar-refractivity contribution in [1.82, 2.24) is 4.90 Å². The Hall–Kier alpha value is -3.32. The second kappa shape index (κ2) is 10.5. The summed E-state index contributed by atoms with van der Waals surface area (Å²) >= 11 is 0. The maximum atomic E-state index is 13.1. The van der Waals surface area contributed by atoms with Crippen molar-refractivity contribution in [3.05, 3.63) is 65.2 Å². The number of nitrogens with zero attached hydrogens (tertiary/aromatic N) is 2. The molecule has 0 saturated carbocycles. The number of amides is 1. The minimum atomic E-state index is -0.705. The Labute approximate surface area is 195 Å². The maximum absolute atomic E-state index is 13.1. The van der Waals surface area contributed by atoms with Crippen LogP contribution in [0.5, 0.6) is 5.75 Å². The summed E-state index contributed by atoms with van der Waals surface area (Å²) in [5.41, 5.74) is 2.26. The van der Waals surface area contributed by atoms with Crippen LogP contribution in [0.1, 0.15) is 37.9 Å². The molecule has 3 rings (SSSR count). The van der Waals surface area contributed by atoms with Crippen molar-refractivity contribution in [1.29, 1.82) is 0 Å². The van der Waals surface area contributed by atoms with Gasteiger partial charge in [-0.1, -0.05) is 12.1 Å². The van der Waals surface area contributed by atoms with E-state index >= 15 is 0 Å².